The van der Waals surface area contributed by atoms with Crippen molar-refractivity contribution in [2.45, 2.75) is 25.2 Å². The summed E-state index contributed by atoms with van der Waals surface area (Å²) >= 11 is 0. The van der Waals surface area contributed by atoms with Gasteiger partial charge in [0.15, 0.2) is 0 Å². The van der Waals surface area contributed by atoms with Gasteiger partial charge in [-0.05, 0) is 48.4 Å². The van der Waals surface area contributed by atoms with Crippen LogP contribution in [-0.2, 0) is 13.0 Å². The molecule has 3 rings (SSSR count). The zero-order valence-electron chi connectivity index (χ0n) is 17.2. The molecule has 0 spiro atoms. The highest BCUT2D eigenvalue weighted by atomic mass is 16.5. The summed E-state index contributed by atoms with van der Waals surface area (Å²) < 4.78 is 11.3. The van der Waals surface area contributed by atoms with Gasteiger partial charge in [-0.1, -0.05) is 30.3 Å². The van der Waals surface area contributed by atoms with Crippen molar-refractivity contribution in [3.05, 3.63) is 84.1 Å². The van der Waals surface area contributed by atoms with Gasteiger partial charge in [-0.25, -0.2) is 4.98 Å². The zero-order valence-corrected chi connectivity index (χ0v) is 17.2. The quantitative estimate of drug-likeness (QED) is 0.354. The summed E-state index contributed by atoms with van der Waals surface area (Å²) in [4.78, 5) is 4.14. The molecule has 1 aromatic heterocycles. The normalized spacial score (nSPS) is 12.9. The van der Waals surface area contributed by atoms with Crippen molar-refractivity contribution in [3.63, 3.8) is 0 Å². The van der Waals surface area contributed by atoms with Crippen LogP contribution in [-0.4, -0.2) is 52.2 Å². The summed E-state index contributed by atoms with van der Waals surface area (Å²) in [6, 6.07) is 20.1. The van der Waals surface area contributed by atoms with Crippen LogP contribution in [0.4, 0.5) is 0 Å². The van der Waals surface area contributed by atoms with E-state index >= 15 is 0 Å². The molecule has 0 aliphatic carbocycles. The molecule has 0 amide bonds. The van der Waals surface area contributed by atoms with Crippen LogP contribution in [0.2, 0.25) is 0 Å². The Hall–Kier alpha value is -2.97. The van der Waals surface area contributed by atoms with Crippen LogP contribution in [0.5, 0.6) is 17.4 Å². The van der Waals surface area contributed by atoms with Gasteiger partial charge in [0, 0.05) is 24.3 Å². The number of aliphatic hydroxyl groups is 3. The van der Waals surface area contributed by atoms with Crippen LogP contribution in [0.3, 0.4) is 0 Å². The van der Waals surface area contributed by atoms with Gasteiger partial charge in [-0.3, -0.25) is 0 Å². The molecule has 0 fully saturated rings. The molecular weight excluding hydrogens is 396 g/mol. The topological polar surface area (TPSA) is 104 Å². The first kappa shape index (κ1) is 22.7. The van der Waals surface area contributed by atoms with Crippen LogP contribution >= 0.6 is 0 Å². The number of rotatable bonds is 12. The van der Waals surface area contributed by atoms with Crippen LogP contribution in [0.1, 0.15) is 11.1 Å². The summed E-state index contributed by atoms with van der Waals surface area (Å²) in [5, 5.41) is 32.4. The Morgan fingerprint density at radius 3 is 2.39 bits per heavy atom. The first-order chi connectivity index (χ1) is 15.2. The van der Waals surface area contributed by atoms with E-state index in [9.17, 15) is 15.3 Å². The van der Waals surface area contributed by atoms with Crippen molar-refractivity contribution in [3.8, 4) is 17.4 Å². The van der Waals surface area contributed by atoms with Gasteiger partial charge in [-0.15, -0.1) is 0 Å². The van der Waals surface area contributed by atoms with Gasteiger partial charge in [-0.2, -0.15) is 0 Å². The van der Waals surface area contributed by atoms with E-state index in [1.54, 1.807) is 18.3 Å². The molecule has 0 bridgehead atoms. The molecule has 31 heavy (non-hydrogen) atoms. The lowest BCUT2D eigenvalue weighted by Crippen LogP contribution is -2.41. The van der Waals surface area contributed by atoms with Gasteiger partial charge < -0.3 is 30.1 Å². The molecule has 1 heterocycles. The maximum absolute atomic E-state index is 10.1. The third-order valence-corrected chi connectivity index (χ3v) is 4.69. The Bertz CT molecular complexity index is 905. The molecule has 0 unspecified atom stereocenters. The van der Waals surface area contributed by atoms with E-state index in [1.165, 1.54) is 0 Å². The number of benzene rings is 2. The average Bonchev–Trinajstić information content (AvgIpc) is 2.82. The van der Waals surface area contributed by atoms with Crippen LogP contribution in [0, 0.1) is 0 Å². The predicted molar refractivity (Wildman–Crippen MR) is 117 cm³/mol. The van der Waals surface area contributed by atoms with Crippen molar-refractivity contribution in [2.24, 2.45) is 0 Å². The molecule has 7 nitrogen and oxygen atoms in total. The maximum Gasteiger partial charge on any atom is 0.224 e. The molecule has 7 heteroatoms. The molecule has 0 saturated carbocycles. The lowest BCUT2D eigenvalue weighted by Gasteiger charge is -2.19. The number of nitrogens with one attached hydrogen (secondary N) is 1. The maximum atomic E-state index is 10.1. The summed E-state index contributed by atoms with van der Waals surface area (Å²) in [6.07, 6.45) is 1.51. The Labute approximate surface area is 181 Å². The van der Waals surface area contributed by atoms with Gasteiger partial charge in [0.25, 0.3) is 0 Å². The van der Waals surface area contributed by atoms with Gasteiger partial charge >= 0.3 is 0 Å². The summed E-state index contributed by atoms with van der Waals surface area (Å²) in [6.45, 7) is 0.277. The summed E-state index contributed by atoms with van der Waals surface area (Å²) in [5.41, 5.74) is 1.63. The number of ether oxygens (including phenoxy) is 2. The number of pyridine rings is 1. The third-order valence-electron chi connectivity index (χ3n) is 4.69. The number of nitrogens with zero attached hydrogens (tertiary/aromatic N) is 1. The minimum Gasteiger partial charge on any atom is -0.491 e. The molecule has 0 aliphatic rings. The number of hydrogen-bond donors (Lipinski definition) is 4. The molecule has 164 valence electrons. The molecule has 3 aromatic rings. The van der Waals surface area contributed by atoms with Crippen molar-refractivity contribution in [2.75, 3.05) is 19.8 Å². The molecule has 2 aromatic carbocycles. The Balaban J connectivity index is 1.46. The molecule has 4 N–H and O–H groups in total. The molecule has 2 atom stereocenters. The molecule has 0 aliphatic heterocycles. The fourth-order valence-electron chi connectivity index (χ4n) is 3.00. The number of aromatic nitrogens is 1. The minimum atomic E-state index is -0.691. The smallest absolute Gasteiger partial charge is 0.224 e. The second kappa shape index (κ2) is 12.0. The number of aliphatic hydroxyl groups excluding tert-OH is 3. The van der Waals surface area contributed by atoms with Gasteiger partial charge in [0.1, 0.15) is 24.2 Å². The van der Waals surface area contributed by atoms with Crippen molar-refractivity contribution < 1.29 is 24.8 Å². The Morgan fingerprint density at radius 1 is 0.903 bits per heavy atom. The van der Waals surface area contributed by atoms with E-state index in [1.807, 2.05) is 54.6 Å². The van der Waals surface area contributed by atoms with Crippen LogP contribution in [0.15, 0.2) is 72.9 Å². The lowest BCUT2D eigenvalue weighted by molar-refractivity contribution is 0.0997. The molecule has 0 saturated heterocycles. The monoisotopic (exact) mass is 424 g/mol. The standard InChI is InChI=1S/C24H28N2O5/c27-15-19-5-4-12-25-24(19)31-23-10-8-18(9-11-23)13-20(16-28)26-14-21(29)17-30-22-6-2-1-3-7-22/h1-12,20-21,26-29H,13-17H2/t20-,21-/m0/s1. The SMILES string of the molecule is OCc1cccnc1Oc1ccc(C[C@@H](CO)NC[C@H](O)COc2ccccc2)cc1. The van der Waals surface area contributed by atoms with E-state index in [0.717, 1.165) is 5.56 Å². The summed E-state index contributed by atoms with van der Waals surface area (Å²) in [7, 11) is 0. The first-order valence-corrected chi connectivity index (χ1v) is 10.2. The average molecular weight is 424 g/mol. The van der Waals surface area contributed by atoms with Gasteiger partial charge in [0.05, 0.1) is 13.2 Å². The first-order valence-electron chi connectivity index (χ1n) is 10.2. The fourth-order valence-corrected chi connectivity index (χ4v) is 3.00. The molecule has 0 radical (unpaired) electrons. The van der Waals surface area contributed by atoms with E-state index in [4.69, 9.17) is 9.47 Å². The lowest BCUT2D eigenvalue weighted by atomic mass is 10.1. The van der Waals surface area contributed by atoms with Crippen molar-refractivity contribution in [1.29, 1.82) is 0 Å². The Morgan fingerprint density at radius 2 is 1.68 bits per heavy atom. The highest BCUT2D eigenvalue weighted by molar-refractivity contribution is 5.34. The summed E-state index contributed by atoms with van der Waals surface area (Å²) in [5.74, 6) is 1.69. The van der Waals surface area contributed by atoms with Crippen LogP contribution in [0.25, 0.3) is 0 Å². The van der Waals surface area contributed by atoms with Crippen molar-refractivity contribution >= 4 is 0 Å². The van der Waals surface area contributed by atoms with Crippen LogP contribution < -0.4 is 14.8 Å². The minimum absolute atomic E-state index is 0.0572. The largest absolute Gasteiger partial charge is 0.491 e. The highest BCUT2D eigenvalue weighted by Gasteiger charge is 2.12. The van der Waals surface area contributed by atoms with Gasteiger partial charge in [0.2, 0.25) is 5.88 Å². The molecular formula is C24H28N2O5. The van der Waals surface area contributed by atoms with Crippen molar-refractivity contribution in [1.82, 2.24) is 10.3 Å². The second-order valence-corrected chi connectivity index (χ2v) is 7.14. The van der Waals surface area contributed by atoms with E-state index in [-0.39, 0.29) is 25.9 Å². The van der Waals surface area contributed by atoms with E-state index in [0.29, 0.717) is 35.9 Å². The second-order valence-electron chi connectivity index (χ2n) is 7.14. The third kappa shape index (κ3) is 7.34. The number of para-hydroxylation sites is 1. The Kier molecular flexibility index (Phi) is 8.81. The zero-order chi connectivity index (χ0) is 21.9. The van der Waals surface area contributed by atoms with E-state index in [2.05, 4.69) is 10.3 Å². The number of hydrogen-bond acceptors (Lipinski definition) is 7. The highest BCUT2D eigenvalue weighted by Crippen LogP contribution is 2.23. The van der Waals surface area contributed by atoms with E-state index < -0.39 is 6.10 Å². The predicted octanol–water partition coefficient (Wildman–Crippen LogP) is 2.30. The fraction of sp³-hybridized carbons (Fsp3) is 0.292.